The van der Waals surface area contributed by atoms with Gasteiger partial charge in [0.1, 0.15) is 4.60 Å². The van der Waals surface area contributed by atoms with Crippen LogP contribution in [-0.2, 0) is 4.79 Å². The van der Waals surface area contributed by atoms with Crippen molar-refractivity contribution in [2.24, 2.45) is 0 Å². The summed E-state index contributed by atoms with van der Waals surface area (Å²) in [6.07, 6.45) is 0.780. The van der Waals surface area contributed by atoms with Gasteiger partial charge in [-0.2, -0.15) is 0 Å². The lowest BCUT2D eigenvalue weighted by molar-refractivity contribution is -0.137. The zero-order chi connectivity index (χ0) is 12.1. The van der Waals surface area contributed by atoms with E-state index in [1.165, 1.54) is 0 Å². The predicted octanol–water partition coefficient (Wildman–Crippen LogP) is 2.82. The first kappa shape index (κ1) is 13.0. The van der Waals surface area contributed by atoms with Crippen molar-refractivity contribution in [1.29, 1.82) is 0 Å². The van der Waals surface area contributed by atoms with Gasteiger partial charge in [0.15, 0.2) is 0 Å². The number of halogens is 1. The Hall–Kier alpha value is -1.10. The second-order valence-corrected chi connectivity index (χ2v) is 4.56. The van der Waals surface area contributed by atoms with Gasteiger partial charge in [0.25, 0.3) is 0 Å². The summed E-state index contributed by atoms with van der Waals surface area (Å²) in [5.74, 6) is -0.765. The smallest absolute Gasteiger partial charge is 0.303 e. The summed E-state index contributed by atoms with van der Waals surface area (Å²) < 4.78 is 0.800. The first-order valence-corrected chi connectivity index (χ1v) is 5.90. The number of aliphatic carboxylic acids is 1. The summed E-state index contributed by atoms with van der Waals surface area (Å²) in [5.41, 5.74) is 1.85. The van der Waals surface area contributed by atoms with Crippen molar-refractivity contribution in [3.05, 3.63) is 22.4 Å². The molecule has 2 N–H and O–H groups in total. The van der Waals surface area contributed by atoms with Gasteiger partial charge in [0.05, 0.1) is 11.4 Å². The molecule has 0 amide bonds. The highest BCUT2D eigenvalue weighted by Gasteiger charge is 2.07. The van der Waals surface area contributed by atoms with Gasteiger partial charge in [0, 0.05) is 12.5 Å². The van der Waals surface area contributed by atoms with Gasteiger partial charge in [-0.15, -0.1) is 0 Å². The lowest BCUT2D eigenvalue weighted by atomic mass is 10.1. The molecular formula is C11H15BrN2O2. The van der Waals surface area contributed by atoms with Gasteiger partial charge in [-0.25, -0.2) is 4.98 Å². The maximum Gasteiger partial charge on any atom is 0.303 e. The normalized spacial score (nSPS) is 12.2. The van der Waals surface area contributed by atoms with Crippen LogP contribution < -0.4 is 5.32 Å². The van der Waals surface area contributed by atoms with E-state index in [0.29, 0.717) is 6.42 Å². The van der Waals surface area contributed by atoms with Crippen LogP contribution in [0.4, 0.5) is 5.69 Å². The van der Waals surface area contributed by atoms with Crippen LogP contribution in [-0.4, -0.2) is 22.1 Å². The minimum atomic E-state index is -0.765. The Morgan fingerprint density at radius 1 is 1.62 bits per heavy atom. The largest absolute Gasteiger partial charge is 0.481 e. The fraction of sp³-hybridized carbons (Fsp3) is 0.455. The van der Waals surface area contributed by atoms with Crippen molar-refractivity contribution in [3.8, 4) is 0 Å². The highest BCUT2D eigenvalue weighted by molar-refractivity contribution is 9.10. The van der Waals surface area contributed by atoms with Crippen molar-refractivity contribution >= 4 is 27.6 Å². The number of hydrogen-bond donors (Lipinski definition) is 2. The highest BCUT2D eigenvalue weighted by Crippen LogP contribution is 2.17. The first-order valence-electron chi connectivity index (χ1n) is 5.10. The van der Waals surface area contributed by atoms with E-state index in [-0.39, 0.29) is 12.5 Å². The average molecular weight is 287 g/mol. The molecule has 0 aliphatic rings. The summed E-state index contributed by atoms with van der Waals surface area (Å²) in [6, 6.07) is 3.92. The summed E-state index contributed by atoms with van der Waals surface area (Å²) in [4.78, 5) is 14.7. The van der Waals surface area contributed by atoms with Crippen LogP contribution in [0.15, 0.2) is 16.7 Å². The van der Waals surface area contributed by atoms with E-state index in [2.05, 4.69) is 26.2 Å². The molecule has 4 nitrogen and oxygen atoms in total. The molecule has 0 aliphatic carbocycles. The number of carboxylic acid groups (broad SMARTS) is 1. The number of pyridine rings is 1. The average Bonchev–Trinajstić information content (AvgIpc) is 2.19. The van der Waals surface area contributed by atoms with Crippen molar-refractivity contribution in [1.82, 2.24) is 4.98 Å². The summed E-state index contributed by atoms with van der Waals surface area (Å²) in [5, 5.41) is 11.8. The number of nitrogens with one attached hydrogen (secondary N) is 1. The fourth-order valence-electron chi connectivity index (χ4n) is 1.36. The quantitative estimate of drug-likeness (QED) is 0.817. The Bertz CT molecular complexity index is 382. The maximum atomic E-state index is 10.4. The first-order chi connectivity index (χ1) is 7.49. The molecule has 0 saturated carbocycles. The Kier molecular flexibility index (Phi) is 4.73. The fourth-order valence-corrected chi connectivity index (χ4v) is 1.76. The van der Waals surface area contributed by atoms with E-state index >= 15 is 0 Å². The molecule has 0 aromatic carbocycles. The van der Waals surface area contributed by atoms with Crippen LogP contribution in [0.25, 0.3) is 0 Å². The van der Waals surface area contributed by atoms with E-state index in [9.17, 15) is 4.79 Å². The topological polar surface area (TPSA) is 62.2 Å². The molecule has 0 bridgehead atoms. The number of anilines is 1. The Balaban J connectivity index is 2.55. The SMILES string of the molecule is Cc1nc(Br)ccc1NC(C)CCC(=O)O. The van der Waals surface area contributed by atoms with E-state index < -0.39 is 5.97 Å². The maximum absolute atomic E-state index is 10.4. The summed E-state index contributed by atoms with van der Waals surface area (Å²) in [7, 11) is 0. The Labute approximate surface area is 103 Å². The third kappa shape index (κ3) is 4.18. The molecule has 88 valence electrons. The van der Waals surface area contributed by atoms with Crippen LogP contribution in [0.5, 0.6) is 0 Å². The molecular weight excluding hydrogens is 272 g/mol. The summed E-state index contributed by atoms with van der Waals surface area (Å²) in [6.45, 7) is 3.88. The third-order valence-corrected chi connectivity index (χ3v) is 2.69. The minimum absolute atomic E-state index is 0.123. The van der Waals surface area contributed by atoms with E-state index in [0.717, 1.165) is 16.0 Å². The van der Waals surface area contributed by atoms with Gasteiger partial charge >= 0.3 is 5.97 Å². The molecule has 1 aromatic heterocycles. The van der Waals surface area contributed by atoms with Crippen LogP contribution in [0.3, 0.4) is 0 Å². The van der Waals surface area contributed by atoms with E-state index in [1.54, 1.807) is 0 Å². The second-order valence-electron chi connectivity index (χ2n) is 3.74. The van der Waals surface area contributed by atoms with Crippen molar-refractivity contribution < 1.29 is 9.90 Å². The van der Waals surface area contributed by atoms with Gasteiger partial charge in [-0.05, 0) is 48.3 Å². The molecule has 0 fully saturated rings. The monoisotopic (exact) mass is 286 g/mol. The lowest BCUT2D eigenvalue weighted by Gasteiger charge is -2.15. The molecule has 16 heavy (non-hydrogen) atoms. The van der Waals surface area contributed by atoms with Crippen LogP contribution in [0.2, 0.25) is 0 Å². The number of rotatable bonds is 5. The Morgan fingerprint density at radius 3 is 2.88 bits per heavy atom. The van der Waals surface area contributed by atoms with Gasteiger partial charge in [0.2, 0.25) is 0 Å². The molecule has 0 radical (unpaired) electrons. The molecule has 0 aliphatic heterocycles. The second kappa shape index (κ2) is 5.84. The zero-order valence-electron chi connectivity index (χ0n) is 9.33. The van der Waals surface area contributed by atoms with Crippen LogP contribution >= 0.6 is 15.9 Å². The number of aromatic nitrogens is 1. The van der Waals surface area contributed by atoms with Gasteiger partial charge in [-0.3, -0.25) is 4.79 Å². The molecule has 1 aromatic rings. The van der Waals surface area contributed by atoms with Crippen molar-refractivity contribution in [2.75, 3.05) is 5.32 Å². The van der Waals surface area contributed by atoms with E-state index in [4.69, 9.17) is 5.11 Å². The van der Waals surface area contributed by atoms with Crippen molar-refractivity contribution in [3.63, 3.8) is 0 Å². The molecule has 1 rings (SSSR count). The minimum Gasteiger partial charge on any atom is -0.481 e. The molecule has 1 heterocycles. The van der Waals surface area contributed by atoms with Crippen LogP contribution in [0, 0.1) is 6.92 Å². The molecule has 5 heteroatoms. The number of hydrogen-bond acceptors (Lipinski definition) is 3. The van der Waals surface area contributed by atoms with Gasteiger partial charge < -0.3 is 10.4 Å². The predicted molar refractivity (Wildman–Crippen MR) is 66.6 cm³/mol. The lowest BCUT2D eigenvalue weighted by Crippen LogP contribution is -2.17. The van der Waals surface area contributed by atoms with Gasteiger partial charge in [-0.1, -0.05) is 0 Å². The molecule has 1 atom stereocenters. The molecule has 0 saturated heterocycles. The van der Waals surface area contributed by atoms with E-state index in [1.807, 2.05) is 26.0 Å². The van der Waals surface area contributed by atoms with Crippen LogP contribution in [0.1, 0.15) is 25.5 Å². The van der Waals surface area contributed by atoms with Crippen molar-refractivity contribution in [2.45, 2.75) is 32.7 Å². The zero-order valence-corrected chi connectivity index (χ0v) is 10.9. The Morgan fingerprint density at radius 2 is 2.31 bits per heavy atom. The number of carboxylic acids is 1. The third-order valence-electron chi connectivity index (χ3n) is 2.24. The number of carbonyl (C=O) groups is 1. The highest BCUT2D eigenvalue weighted by atomic mass is 79.9. The number of aryl methyl sites for hydroxylation is 1. The number of nitrogens with zero attached hydrogens (tertiary/aromatic N) is 1. The molecule has 1 unspecified atom stereocenters. The summed E-state index contributed by atoms with van der Waals surface area (Å²) >= 11 is 3.30. The molecule has 0 spiro atoms. The standard InChI is InChI=1S/C11H15BrN2O2/c1-7(3-6-11(15)16)13-9-4-5-10(12)14-8(9)2/h4-5,7,13H,3,6H2,1-2H3,(H,15,16).